The number of hydrogen-bond acceptors (Lipinski definition) is 2. The van der Waals surface area contributed by atoms with Crippen molar-refractivity contribution in [1.29, 1.82) is 0 Å². The standard InChI is InChI=1S/C13H10BrNO/c14-11-6-4-10(5-7-11)13(16)9-12-3-1-2-8-15-12/h1-9,16H/b13-9+. The van der Waals surface area contributed by atoms with Crippen molar-refractivity contribution >= 4 is 27.8 Å². The van der Waals surface area contributed by atoms with Crippen LogP contribution in [-0.4, -0.2) is 10.1 Å². The monoisotopic (exact) mass is 275 g/mol. The van der Waals surface area contributed by atoms with Crippen LogP contribution >= 0.6 is 15.9 Å². The molecule has 0 fully saturated rings. The molecule has 0 aliphatic rings. The van der Waals surface area contributed by atoms with Crippen molar-refractivity contribution in [3.8, 4) is 0 Å². The molecule has 16 heavy (non-hydrogen) atoms. The van der Waals surface area contributed by atoms with Crippen LogP contribution in [-0.2, 0) is 0 Å². The number of aromatic nitrogens is 1. The summed E-state index contributed by atoms with van der Waals surface area (Å²) in [5, 5.41) is 9.87. The summed E-state index contributed by atoms with van der Waals surface area (Å²) in [5.41, 5.74) is 1.51. The van der Waals surface area contributed by atoms with Crippen LogP contribution in [0.3, 0.4) is 0 Å². The van der Waals surface area contributed by atoms with Gasteiger partial charge in [0.15, 0.2) is 0 Å². The van der Waals surface area contributed by atoms with Gasteiger partial charge in [-0.3, -0.25) is 4.98 Å². The van der Waals surface area contributed by atoms with Crippen molar-refractivity contribution < 1.29 is 5.11 Å². The van der Waals surface area contributed by atoms with Gasteiger partial charge in [-0.05, 0) is 24.3 Å². The van der Waals surface area contributed by atoms with Crippen LogP contribution in [0.5, 0.6) is 0 Å². The van der Waals surface area contributed by atoms with Crippen LogP contribution < -0.4 is 0 Å². The van der Waals surface area contributed by atoms with Crippen molar-refractivity contribution in [2.45, 2.75) is 0 Å². The van der Waals surface area contributed by atoms with Gasteiger partial charge < -0.3 is 5.11 Å². The Bertz CT molecular complexity index is 491. The predicted molar refractivity (Wildman–Crippen MR) is 68.9 cm³/mol. The molecular formula is C13H10BrNO. The van der Waals surface area contributed by atoms with E-state index in [0.717, 1.165) is 15.7 Å². The lowest BCUT2D eigenvalue weighted by atomic mass is 10.1. The third kappa shape index (κ3) is 2.70. The van der Waals surface area contributed by atoms with Crippen molar-refractivity contribution in [3.63, 3.8) is 0 Å². The van der Waals surface area contributed by atoms with Gasteiger partial charge in [0.25, 0.3) is 0 Å². The smallest absolute Gasteiger partial charge is 0.124 e. The fourth-order valence-electron chi connectivity index (χ4n) is 1.31. The Morgan fingerprint density at radius 3 is 2.50 bits per heavy atom. The molecule has 1 aromatic carbocycles. The molecule has 0 radical (unpaired) electrons. The number of aliphatic hydroxyl groups is 1. The third-order valence-electron chi connectivity index (χ3n) is 2.11. The molecule has 0 bridgehead atoms. The van der Waals surface area contributed by atoms with E-state index >= 15 is 0 Å². The third-order valence-corrected chi connectivity index (χ3v) is 2.64. The van der Waals surface area contributed by atoms with Crippen LogP contribution in [0.15, 0.2) is 53.1 Å². The Kier molecular flexibility index (Phi) is 3.37. The molecule has 2 aromatic rings. The van der Waals surface area contributed by atoms with Gasteiger partial charge in [0.1, 0.15) is 5.76 Å². The van der Waals surface area contributed by atoms with Crippen molar-refractivity contribution in [1.82, 2.24) is 4.98 Å². The summed E-state index contributed by atoms with van der Waals surface area (Å²) in [5.74, 6) is 0.214. The minimum atomic E-state index is 0.214. The first-order valence-electron chi connectivity index (χ1n) is 4.83. The number of pyridine rings is 1. The molecule has 3 heteroatoms. The van der Waals surface area contributed by atoms with E-state index in [9.17, 15) is 5.11 Å². The van der Waals surface area contributed by atoms with E-state index in [1.165, 1.54) is 0 Å². The maximum atomic E-state index is 9.87. The molecule has 2 rings (SSSR count). The number of benzene rings is 1. The Balaban J connectivity index is 2.28. The van der Waals surface area contributed by atoms with Gasteiger partial charge in [-0.15, -0.1) is 0 Å². The number of aliphatic hydroxyl groups excluding tert-OH is 1. The zero-order valence-electron chi connectivity index (χ0n) is 8.47. The second kappa shape index (κ2) is 4.94. The highest BCUT2D eigenvalue weighted by atomic mass is 79.9. The molecule has 0 saturated heterocycles. The van der Waals surface area contributed by atoms with Gasteiger partial charge in [-0.1, -0.05) is 34.1 Å². The highest BCUT2D eigenvalue weighted by Crippen LogP contribution is 2.17. The first-order valence-corrected chi connectivity index (χ1v) is 5.62. The van der Waals surface area contributed by atoms with Crippen molar-refractivity contribution in [2.75, 3.05) is 0 Å². The van der Waals surface area contributed by atoms with E-state index in [1.54, 1.807) is 12.3 Å². The Morgan fingerprint density at radius 2 is 1.88 bits per heavy atom. The Labute approximate surface area is 102 Å². The zero-order valence-corrected chi connectivity index (χ0v) is 10.1. The fraction of sp³-hybridized carbons (Fsp3) is 0. The topological polar surface area (TPSA) is 33.1 Å². The van der Waals surface area contributed by atoms with Crippen LogP contribution in [0, 0.1) is 0 Å². The summed E-state index contributed by atoms with van der Waals surface area (Å²) < 4.78 is 0.988. The van der Waals surface area contributed by atoms with E-state index < -0.39 is 0 Å². The first-order chi connectivity index (χ1) is 7.75. The van der Waals surface area contributed by atoms with Crippen LogP contribution in [0.4, 0.5) is 0 Å². The molecule has 0 saturated carbocycles. The summed E-state index contributed by atoms with van der Waals surface area (Å²) >= 11 is 3.35. The van der Waals surface area contributed by atoms with E-state index in [1.807, 2.05) is 42.5 Å². The van der Waals surface area contributed by atoms with E-state index in [2.05, 4.69) is 20.9 Å². The largest absolute Gasteiger partial charge is 0.507 e. The van der Waals surface area contributed by atoms with Crippen LogP contribution in [0.2, 0.25) is 0 Å². The molecule has 0 aliphatic carbocycles. The summed E-state index contributed by atoms with van der Waals surface area (Å²) in [6.07, 6.45) is 3.34. The lowest BCUT2D eigenvalue weighted by molar-refractivity contribution is 0.515. The zero-order chi connectivity index (χ0) is 11.4. The van der Waals surface area contributed by atoms with Gasteiger partial charge in [-0.2, -0.15) is 0 Å². The van der Waals surface area contributed by atoms with E-state index in [-0.39, 0.29) is 5.76 Å². The SMILES string of the molecule is O/C(=C/c1ccccn1)c1ccc(Br)cc1. The maximum absolute atomic E-state index is 9.87. The summed E-state index contributed by atoms with van der Waals surface area (Å²) in [6.45, 7) is 0. The Hall–Kier alpha value is -1.61. The molecule has 80 valence electrons. The number of hydrogen-bond donors (Lipinski definition) is 1. The maximum Gasteiger partial charge on any atom is 0.124 e. The van der Waals surface area contributed by atoms with E-state index in [4.69, 9.17) is 0 Å². The molecule has 0 aliphatic heterocycles. The minimum absolute atomic E-state index is 0.214. The lowest BCUT2D eigenvalue weighted by Crippen LogP contribution is -1.84. The fourth-order valence-corrected chi connectivity index (χ4v) is 1.57. The minimum Gasteiger partial charge on any atom is -0.507 e. The van der Waals surface area contributed by atoms with Crippen molar-refractivity contribution in [3.05, 3.63) is 64.4 Å². The molecule has 0 spiro atoms. The average Bonchev–Trinajstić information content (AvgIpc) is 2.31. The number of nitrogens with zero attached hydrogens (tertiary/aromatic N) is 1. The number of halogens is 1. The second-order valence-corrected chi connectivity index (χ2v) is 4.21. The number of rotatable bonds is 2. The normalized spacial score (nSPS) is 11.4. The lowest BCUT2D eigenvalue weighted by Gasteiger charge is -2.00. The molecule has 0 atom stereocenters. The molecule has 1 N–H and O–H groups in total. The first kappa shape index (κ1) is 10.9. The van der Waals surface area contributed by atoms with Gasteiger partial charge in [-0.25, -0.2) is 0 Å². The van der Waals surface area contributed by atoms with E-state index in [0.29, 0.717) is 0 Å². The summed E-state index contributed by atoms with van der Waals surface area (Å²) in [6, 6.07) is 13.0. The van der Waals surface area contributed by atoms with Gasteiger partial charge in [0.05, 0.1) is 5.69 Å². The quantitative estimate of drug-likeness (QED) is 0.844. The van der Waals surface area contributed by atoms with Crippen molar-refractivity contribution in [2.24, 2.45) is 0 Å². The highest BCUT2D eigenvalue weighted by molar-refractivity contribution is 9.10. The molecular weight excluding hydrogens is 266 g/mol. The molecule has 2 nitrogen and oxygen atoms in total. The Morgan fingerprint density at radius 1 is 1.12 bits per heavy atom. The average molecular weight is 276 g/mol. The molecule has 1 aromatic heterocycles. The van der Waals surface area contributed by atoms with Gasteiger partial charge in [0.2, 0.25) is 0 Å². The van der Waals surface area contributed by atoms with Gasteiger partial charge in [0, 0.05) is 22.3 Å². The summed E-state index contributed by atoms with van der Waals surface area (Å²) in [4.78, 5) is 4.12. The van der Waals surface area contributed by atoms with Gasteiger partial charge >= 0.3 is 0 Å². The van der Waals surface area contributed by atoms with Crippen LogP contribution in [0.25, 0.3) is 11.8 Å². The molecule has 0 unspecified atom stereocenters. The molecule has 1 heterocycles. The van der Waals surface area contributed by atoms with Crippen LogP contribution in [0.1, 0.15) is 11.3 Å². The predicted octanol–water partition coefficient (Wildman–Crippen LogP) is 3.90. The highest BCUT2D eigenvalue weighted by Gasteiger charge is 1.99. The summed E-state index contributed by atoms with van der Waals surface area (Å²) in [7, 11) is 0. The molecule has 0 amide bonds. The second-order valence-electron chi connectivity index (χ2n) is 3.29.